The fourth-order valence-electron chi connectivity index (χ4n) is 2.33. The van der Waals surface area contributed by atoms with Gasteiger partial charge in [-0.2, -0.15) is 5.10 Å². The summed E-state index contributed by atoms with van der Waals surface area (Å²) in [7, 11) is 1.87. The summed E-state index contributed by atoms with van der Waals surface area (Å²) in [5, 5.41) is 8.68. The van der Waals surface area contributed by atoms with E-state index >= 15 is 0 Å². The van der Waals surface area contributed by atoms with Gasteiger partial charge in [-0.15, -0.1) is 0 Å². The Hall–Kier alpha value is -1.39. The van der Waals surface area contributed by atoms with E-state index in [1.807, 2.05) is 38.5 Å². The molecule has 0 spiro atoms. The summed E-state index contributed by atoms with van der Waals surface area (Å²) in [6, 6.07) is 4.33. The maximum Gasteiger partial charge on any atom is 0.130 e. The molecule has 20 heavy (non-hydrogen) atoms. The van der Waals surface area contributed by atoms with Gasteiger partial charge in [-0.25, -0.2) is 0 Å². The largest absolute Gasteiger partial charge is 0.310 e. The minimum Gasteiger partial charge on any atom is -0.310 e. The third-order valence-corrected chi connectivity index (χ3v) is 3.90. The fourth-order valence-corrected chi connectivity index (χ4v) is 2.58. The summed E-state index contributed by atoms with van der Waals surface area (Å²) in [5.41, 5.74) is 3.34. The van der Waals surface area contributed by atoms with Gasteiger partial charge >= 0.3 is 0 Å². The molecule has 0 saturated carbocycles. The maximum absolute atomic E-state index is 6.34. The molecule has 1 unspecified atom stereocenters. The van der Waals surface area contributed by atoms with Gasteiger partial charge in [-0.1, -0.05) is 18.5 Å². The SMILES string of the molecule is CCCNC(Cc1c(C)nn(C)c1Cl)c1ccncc1. The van der Waals surface area contributed by atoms with Gasteiger partial charge in [0.1, 0.15) is 5.15 Å². The van der Waals surface area contributed by atoms with E-state index in [1.165, 1.54) is 5.56 Å². The van der Waals surface area contributed by atoms with Crippen molar-refractivity contribution in [2.45, 2.75) is 32.7 Å². The first kappa shape index (κ1) is 15.0. The van der Waals surface area contributed by atoms with E-state index in [0.29, 0.717) is 0 Å². The van der Waals surface area contributed by atoms with Gasteiger partial charge in [0.25, 0.3) is 0 Å². The number of rotatable bonds is 6. The van der Waals surface area contributed by atoms with Gasteiger partial charge < -0.3 is 5.32 Å². The lowest BCUT2D eigenvalue weighted by atomic mass is 10.00. The van der Waals surface area contributed by atoms with Crippen molar-refractivity contribution in [1.29, 1.82) is 0 Å². The average Bonchev–Trinajstić information content (AvgIpc) is 2.70. The molecular weight excluding hydrogens is 272 g/mol. The van der Waals surface area contributed by atoms with Crippen molar-refractivity contribution in [2.24, 2.45) is 7.05 Å². The van der Waals surface area contributed by atoms with Crippen LogP contribution in [-0.4, -0.2) is 21.3 Å². The first-order chi connectivity index (χ1) is 9.63. The van der Waals surface area contributed by atoms with Crippen LogP contribution in [0.25, 0.3) is 0 Å². The Balaban J connectivity index is 2.24. The van der Waals surface area contributed by atoms with Crippen molar-refractivity contribution in [3.63, 3.8) is 0 Å². The number of hydrogen-bond donors (Lipinski definition) is 1. The molecule has 5 heteroatoms. The van der Waals surface area contributed by atoms with Crippen LogP contribution < -0.4 is 5.32 Å². The van der Waals surface area contributed by atoms with Crippen molar-refractivity contribution in [3.05, 3.63) is 46.5 Å². The minimum absolute atomic E-state index is 0.235. The minimum atomic E-state index is 0.235. The molecule has 0 aliphatic heterocycles. The van der Waals surface area contributed by atoms with Gasteiger partial charge in [0.05, 0.1) is 5.69 Å². The fraction of sp³-hybridized carbons (Fsp3) is 0.467. The summed E-state index contributed by atoms with van der Waals surface area (Å²) in [6.07, 6.45) is 5.59. The predicted octanol–water partition coefficient (Wildman–Crippen LogP) is 3.06. The van der Waals surface area contributed by atoms with Crippen molar-refractivity contribution >= 4 is 11.6 Å². The standard InChI is InChI=1S/C15H21ClN4/c1-4-7-18-14(12-5-8-17-9-6-12)10-13-11(2)19-20(3)15(13)16/h5-6,8-9,14,18H,4,7,10H2,1-3H3. The molecule has 1 N–H and O–H groups in total. The number of pyridine rings is 1. The number of hydrogen-bond acceptors (Lipinski definition) is 3. The Kier molecular flexibility index (Phi) is 5.15. The number of nitrogens with zero attached hydrogens (tertiary/aromatic N) is 3. The number of nitrogens with one attached hydrogen (secondary N) is 1. The van der Waals surface area contributed by atoms with Gasteiger partial charge in [0.2, 0.25) is 0 Å². The summed E-state index contributed by atoms with van der Waals surface area (Å²) in [5.74, 6) is 0. The topological polar surface area (TPSA) is 42.7 Å². The van der Waals surface area contributed by atoms with Crippen molar-refractivity contribution in [2.75, 3.05) is 6.54 Å². The van der Waals surface area contributed by atoms with Gasteiger partial charge in [0.15, 0.2) is 0 Å². The summed E-state index contributed by atoms with van der Waals surface area (Å²) >= 11 is 6.34. The summed E-state index contributed by atoms with van der Waals surface area (Å²) in [4.78, 5) is 4.08. The summed E-state index contributed by atoms with van der Waals surface area (Å²) < 4.78 is 1.73. The monoisotopic (exact) mass is 292 g/mol. The molecular formula is C15H21ClN4. The highest BCUT2D eigenvalue weighted by Crippen LogP contribution is 2.25. The van der Waals surface area contributed by atoms with Crippen LogP contribution in [0, 0.1) is 6.92 Å². The van der Waals surface area contributed by atoms with Gasteiger partial charge in [-0.3, -0.25) is 9.67 Å². The number of aryl methyl sites for hydroxylation is 2. The van der Waals surface area contributed by atoms with Crippen LogP contribution in [-0.2, 0) is 13.5 Å². The zero-order chi connectivity index (χ0) is 14.5. The third kappa shape index (κ3) is 3.38. The van der Waals surface area contributed by atoms with Crippen LogP contribution in [0.2, 0.25) is 5.15 Å². The first-order valence-corrected chi connectivity index (χ1v) is 7.32. The molecule has 2 rings (SSSR count). The lowest BCUT2D eigenvalue weighted by Crippen LogP contribution is -2.24. The molecule has 4 nitrogen and oxygen atoms in total. The quantitative estimate of drug-likeness (QED) is 0.890. The third-order valence-electron chi connectivity index (χ3n) is 3.43. The Bertz CT molecular complexity index is 551. The molecule has 2 heterocycles. The highest BCUT2D eigenvalue weighted by atomic mass is 35.5. The molecule has 0 fully saturated rings. The van der Waals surface area contributed by atoms with Crippen LogP contribution in [0.1, 0.15) is 36.2 Å². The van der Waals surface area contributed by atoms with Crippen LogP contribution in [0.3, 0.4) is 0 Å². The zero-order valence-electron chi connectivity index (χ0n) is 12.2. The van der Waals surface area contributed by atoms with E-state index < -0.39 is 0 Å². The van der Waals surface area contributed by atoms with Crippen molar-refractivity contribution in [3.8, 4) is 0 Å². The second kappa shape index (κ2) is 6.86. The Labute approximate surface area is 125 Å². The molecule has 0 amide bonds. The van der Waals surface area contributed by atoms with Crippen LogP contribution in [0.4, 0.5) is 0 Å². The molecule has 0 saturated heterocycles. The second-order valence-corrected chi connectivity index (χ2v) is 5.33. The van der Waals surface area contributed by atoms with E-state index in [-0.39, 0.29) is 6.04 Å². The van der Waals surface area contributed by atoms with Crippen LogP contribution in [0.5, 0.6) is 0 Å². The highest BCUT2D eigenvalue weighted by Gasteiger charge is 2.18. The Morgan fingerprint density at radius 3 is 2.60 bits per heavy atom. The van der Waals surface area contributed by atoms with Gasteiger partial charge in [-0.05, 0) is 44.0 Å². The van der Waals surface area contributed by atoms with Crippen LogP contribution in [0.15, 0.2) is 24.5 Å². The normalized spacial score (nSPS) is 12.6. The van der Waals surface area contributed by atoms with Crippen molar-refractivity contribution < 1.29 is 0 Å². The van der Waals surface area contributed by atoms with E-state index in [2.05, 4.69) is 22.3 Å². The predicted molar refractivity (Wildman–Crippen MR) is 81.9 cm³/mol. The maximum atomic E-state index is 6.34. The lowest BCUT2D eigenvalue weighted by molar-refractivity contribution is 0.528. The smallest absolute Gasteiger partial charge is 0.130 e. The molecule has 2 aromatic heterocycles. The molecule has 0 aromatic carbocycles. The Morgan fingerprint density at radius 2 is 2.05 bits per heavy atom. The number of aromatic nitrogens is 3. The van der Waals surface area contributed by atoms with E-state index in [1.54, 1.807) is 4.68 Å². The highest BCUT2D eigenvalue weighted by molar-refractivity contribution is 6.30. The molecule has 2 aromatic rings. The second-order valence-electron chi connectivity index (χ2n) is 4.97. The molecule has 0 aliphatic carbocycles. The molecule has 0 aliphatic rings. The molecule has 0 radical (unpaired) electrons. The van der Waals surface area contributed by atoms with Gasteiger partial charge in [0, 0.05) is 31.0 Å². The van der Waals surface area contributed by atoms with Crippen molar-refractivity contribution in [1.82, 2.24) is 20.1 Å². The average molecular weight is 293 g/mol. The van der Waals surface area contributed by atoms with E-state index in [0.717, 1.165) is 35.8 Å². The molecule has 0 bridgehead atoms. The first-order valence-electron chi connectivity index (χ1n) is 6.94. The zero-order valence-corrected chi connectivity index (χ0v) is 13.0. The Morgan fingerprint density at radius 1 is 1.35 bits per heavy atom. The lowest BCUT2D eigenvalue weighted by Gasteiger charge is -2.19. The summed E-state index contributed by atoms with van der Waals surface area (Å²) in [6.45, 7) is 5.15. The van der Waals surface area contributed by atoms with E-state index in [9.17, 15) is 0 Å². The molecule has 1 atom stereocenters. The number of halogens is 1. The molecule has 108 valence electrons. The van der Waals surface area contributed by atoms with E-state index in [4.69, 9.17) is 11.6 Å². The van der Waals surface area contributed by atoms with Crippen LogP contribution >= 0.6 is 11.6 Å².